The van der Waals surface area contributed by atoms with Crippen LogP contribution in [0, 0.1) is 10.1 Å². The van der Waals surface area contributed by atoms with Gasteiger partial charge in [-0.3, -0.25) is 10.1 Å². The molecule has 0 bridgehead atoms. The average molecular weight is 329 g/mol. The Bertz CT molecular complexity index is 842. The highest BCUT2D eigenvalue weighted by molar-refractivity contribution is 5.92. The third-order valence-corrected chi connectivity index (χ3v) is 3.69. The van der Waals surface area contributed by atoms with Gasteiger partial charge < -0.3 is 10.1 Å². The van der Waals surface area contributed by atoms with Gasteiger partial charge in [0.05, 0.1) is 17.1 Å². The smallest absolute Gasteiger partial charge is 0.338 e. The maximum atomic E-state index is 12.4. The second-order valence-corrected chi connectivity index (χ2v) is 5.17. The number of nitro groups is 1. The molecule has 1 atom stereocenters. The molecule has 3 rings (SSSR count). The van der Waals surface area contributed by atoms with Crippen LogP contribution in [0.15, 0.2) is 41.9 Å². The van der Waals surface area contributed by atoms with Crippen LogP contribution in [0.25, 0.3) is 0 Å². The fourth-order valence-electron chi connectivity index (χ4n) is 2.68. The lowest BCUT2D eigenvalue weighted by atomic mass is 9.95. The van der Waals surface area contributed by atoms with Crippen molar-refractivity contribution in [2.75, 3.05) is 11.9 Å². The van der Waals surface area contributed by atoms with Crippen LogP contribution < -0.4 is 5.32 Å². The Hall–Kier alpha value is -3.23. The molecule has 1 aromatic heterocycles. The topological polar surface area (TPSA) is 112 Å². The molecule has 0 spiro atoms. The minimum Gasteiger partial charge on any atom is -0.463 e. The van der Waals surface area contributed by atoms with Crippen molar-refractivity contribution in [2.45, 2.75) is 19.9 Å². The van der Waals surface area contributed by atoms with E-state index in [1.807, 2.05) is 0 Å². The summed E-state index contributed by atoms with van der Waals surface area (Å²) in [5, 5.41) is 18.2. The third-order valence-electron chi connectivity index (χ3n) is 3.69. The molecule has 1 aliphatic rings. The SMILES string of the molecule is CCOC(=O)C1=C(C)Nc2ncnn2[C@H]1c1cccc([N+](=O)[O-])c1. The minimum absolute atomic E-state index is 0.0615. The van der Waals surface area contributed by atoms with E-state index in [0.717, 1.165) is 0 Å². The number of benzene rings is 1. The molecule has 2 heterocycles. The number of rotatable bonds is 4. The van der Waals surface area contributed by atoms with Crippen molar-refractivity contribution >= 4 is 17.6 Å². The van der Waals surface area contributed by atoms with Gasteiger partial charge in [0.1, 0.15) is 12.4 Å². The van der Waals surface area contributed by atoms with Crippen LogP contribution in [0.3, 0.4) is 0 Å². The molecule has 9 nitrogen and oxygen atoms in total. The maximum Gasteiger partial charge on any atom is 0.338 e. The molecule has 9 heteroatoms. The van der Waals surface area contributed by atoms with Crippen LogP contribution in [-0.2, 0) is 9.53 Å². The van der Waals surface area contributed by atoms with Gasteiger partial charge in [-0.15, -0.1) is 0 Å². The zero-order chi connectivity index (χ0) is 17.3. The molecule has 0 unspecified atom stereocenters. The molecule has 0 radical (unpaired) electrons. The number of allylic oxidation sites excluding steroid dienone is 1. The Morgan fingerprint density at radius 2 is 2.29 bits per heavy atom. The van der Waals surface area contributed by atoms with Crippen molar-refractivity contribution in [3.05, 3.63) is 57.5 Å². The van der Waals surface area contributed by atoms with Crippen LogP contribution >= 0.6 is 0 Å². The highest BCUT2D eigenvalue weighted by Crippen LogP contribution is 2.36. The molecule has 0 amide bonds. The quantitative estimate of drug-likeness (QED) is 0.519. The number of aromatic nitrogens is 3. The second kappa shape index (κ2) is 6.11. The third kappa shape index (κ3) is 2.60. The Kier molecular flexibility index (Phi) is 3.98. The van der Waals surface area contributed by atoms with E-state index in [1.165, 1.54) is 23.1 Å². The molecule has 2 aromatic rings. The molecular weight excluding hydrogens is 314 g/mol. The van der Waals surface area contributed by atoms with E-state index in [0.29, 0.717) is 22.8 Å². The molecule has 24 heavy (non-hydrogen) atoms. The lowest BCUT2D eigenvalue weighted by Gasteiger charge is -2.28. The number of carbonyl (C=O) groups is 1. The minimum atomic E-state index is -0.650. The number of hydrogen-bond acceptors (Lipinski definition) is 7. The Balaban J connectivity index is 2.16. The van der Waals surface area contributed by atoms with E-state index in [1.54, 1.807) is 26.0 Å². The summed E-state index contributed by atoms with van der Waals surface area (Å²) in [5.41, 5.74) is 1.41. The van der Waals surface area contributed by atoms with E-state index in [-0.39, 0.29) is 12.3 Å². The summed E-state index contributed by atoms with van der Waals surface area (Å²) in [5.74, 6) is -0.0442. The predicted molar refractivity (Wildman–Crippen MR) is 84.2 cm³/mol. The first-order valence-electron chi connectivity index (χ1n) is 7.31. The van der Waals surface area contributed by atoms with Gasteiger partial charge >= 0.3 is 5.97 Å². The largest absolute Gasteiger partial charge is 0.463 e. The number of esters is 1. The summed E-state index contributed by atoms with van der Waals surface area (Å²) < 4.78 is 6.65. The second-order valence-electron chi connectivity index (χ2n) is 5.17. The van der Waals surface area contributed by atoms with Gasteiger partial charge in [0, 0.05) is 17.8 Å². The Morgan fingerprint density at radius 3 is 3.00 bits per heavy atom. The van der Waals surface area contributed by atoms with Gasteiger partial charge in [-0.1, -0.05) is 12.1 Å². The molecule has 0 fully saturated rings. The number of nitro benzene ring substituents is 1. The van der Waals surface area contributed by atoms with E-state index < -0.39 is 16.9 Å². The standard InChI is InChI=1S/C15H15N5O4/c1-3-24-14(21)12-9(2)18-15-16-8-17-19(15)13(12)10-5-4-6-11(7-10)20(22)23/h4-8,13H,3H2,1-2H3,(H,16,17,18)/t13-/m0/s1. The zero-order valence-electron chi connectivity index (χ0n) is 13.1. The number of hydrogen-bond donors (Lipinski definition) is 1. The first-order chi connectivity index (χ1) is 11.5. The van der Waals surface area contributed by atoms with Gasteiger partial charge in [0.2, 0.25) is 5.95 Å². The van der Waals surface area contributed by atoms with Gasteiger partial charge in [-0.05, 0) is 19.4 Å². The lowest BCUT2D eigenvalue weighted by molar-refractivity contribution is -0.384. The van der Waals surface area contributed by atoms with Crippen molar-refractivity contribution in [1.29, 1.82) is 0 Å². The van der Waals surface area contributed by atoms with Crippen molar-refractivity contribution in [3.63, 3.8) is 0 Å². The number of carbonyl (C=O) groups excluding carboxylic acids is 1. The summed E-state index contributed by atoms with van der Waals surface area (Å²) >= 11 is 0. The Morgan fingerprint density at radius 1 is 1.50 bits per heavy atom. The summed E-state index contributed by atoms with van der Waals surface area (Å²) in [7, 11) is 0. The molecule has 0 saturated heterocycles. The number of ether oxygens (including phenoxy) is 1. The van der Waals surface area contributed by atoms with Crippen LogP contribution in [0.4, 0.5) is 11.6 Å². The number of anilines is 1. The highest BCUT2D eigenvalue weighted by Gasteiger charge is 2.34. The van der Waals surface area contributed by atoms with Crippen LogP contribution in [0.5, 0.6) is 0 Å². The predicted octanol–water partition coefficient (Wildman–Crippen LogP) is 2.04. The normalized spacial score (nSPS) is 16.3. The fourth-order valence-corrected chi connectivity index (χ4v) is 2.68. The number of non-ortho nitro benzene ring substituents is 1. The zero-order valence-corrected chi connectivity index (χ0v) is 13.1. The number of fused-ring (bicyclic) bond motifs is 1. The van der Waals surface area contributed by atoms with Crippen molar-refractivity contribution in [3.8, 4) is 0 Å². The van der Waals surface area contributed by atoms with Crippen LogP contribution in [0.1, 0.15) is 25.5 Å². The van der Waals surface area contributed by atoms with Crippen LogP contribution in [-0.4, -0.2) is 32.3 Å². The monoisotopic (exact) mass is 329 g/mol. The molecule has 1 N–H and O–H groups in total. The van der Waals surface area contributed by atoms with E-state index in [4.69, 9.17) is 4.74 Å². The molecule has 0 aliphatic carbocycles. The molecule has 1 aliphatic heterocycles. The van der Waals surface area contributed by atoms with Crippen molar-refractivity contribution < 1.29 is 14.5 Å². The molecular formula is C15H15N5O4. The fraction of sp³-hybridized carbons (Fsp3) is 0.267. The lowest BCUT2D eigenvalue weighted by Crippen LogP contribution is -2.29. The number of nitrogens with zero attached hydrogens (tertiary/aromatic N) is 4. The summed E-state index contributed by atoms with van der Waals surface area (Å²) in [6.45, 7) is 3.67. The first-order valence-corrected chi connectivity index (χ1v) is 7.31. The Labute approximate surface area is 137 Å². The highest BCUT2D eigenvalue weighted by atomic mass is 16.6. The molecule has 1 aromatic carbocycles. The first kappa shape index (κ1) is 15.7. The van der Waals surface area contributed by atoms with E-state index in [2.05, 4.69) is 15.4 Å². The van der Waals surface area contributed by atoms with Gasteiger partial charge in [-0.25, -0.2) is 9.48 Å². The summed E-state index contributed by atoms with van der Waals surface area (Å²) in [6.07, 6.45) is 1.36. The maximum absolute atomic E-state index is 12.4. The van der Waals surface area contributed by atoms with Crippen molar-refractivity contribution in [2.24, 2.45) is 0 Å². The number of nitrogens with one attached hydrogen (secondary N) is 1. The van der Waals surface area contributed by atoms with Crippen molar-refractivity contribution in [1.82, 2.24) is 14.8 Å². The molecule has 0 saturated carbocycles. The van der Waals surface area contributed by atoms with Gasteiger partial charge in [0.25, 0.3) is 5.69 Å². The van der Waals surface area contributed by atoms with Gasteiger partial charge in [-0.2, -0.15) is 10.1 Å². The molecule has 124 valence electrons. The summed E-state index contributed by atoms with van der Waals surface area (Å²) in [4.78, 5) is 27.1. The van der Waals surface area contributed by atoms with Gasteiger partial charge in [0.15, 0.2) is 0 Å². The average Bonchev–Trinajstić information content (AvgIpc) is 3.01. The van der Waals surface area contributed by atoms with E-state index in [9.17, 15) is 14.9 Å². The van der Waals surface area contributed by atoms with Crippen LogP contribution in [0.2, 0.25) is 0 Å². The summed E-state index contributed by atoms with van der Waals surface area (Å²) in [6, 6.07) is 5.45. The van der Waals surface area contributed by atoms with E-state index >= 15 is 0 Å².